The molecule has 1 aliphatic carbocycles. The van der Waals surface area contributed by atoms with Gasteiger partial charge >= 0.3 is 0 Å². The topological polar surface area (TPSA) is 18.5 Å². The van der Waals surface area contributed by atoms with Gasteiger partial charge in [0.1, 0.15) is 24.7 Å². The Kier molecular flexibility index (Phi) is 5.74. The van der Waals surface area contributed by atoms with E-state index in [1.165, 1.54) is 37.7 Å². The Balaban J connectivity index is 1.44. The molecule has 0 amide bonds. The van der Waals surface area contributed by atoms with Gasteiger partial charge in [0, 0.05) is 0 Å². The molecule has 0 aliphatic heterocycles. The third-order valence-electron chi connectivity index (χ3n) is 4.11. The fraction of sp³-hybridized carbons (Fsp3) is 0.333. The molecule has 0 bridgehead atoms. The van der Waals surface area contributed by atoms with Crippen molar-refractivity contribution in [2.45, 2.75) is 32.1 Å². The number of allylic oxidation sites excluding steroid dienone is 1. The van der Waals surface area contributed by atoms with Crippen LogP contribution in [0.25, 0.3) is 6.08 Å². The molecule has 0 atom stereocenters. The highest BCUT2D eigenvalue weighted by Gasteiger charge is 2.05. The van der Waals surface area contributed by atoms with E-state index in [0.29, 0.717) is 13.2 Å². The lowest BCUT2D eigenvalue weighted by atomic mass is 9.93. The largest absolute Gasteiger partial charge is 0.490 e. The minimum absolute atomic E-state index is 0.551. The third-order valence-corrected chi connectivity index (χ3v) is 4.11. The predicted molar refractivity (Wildman–Crippen MR) is 94.9 cm³/mol. The van der Waals surface area contributed by atoms with Crippen LogP contribution in [0.2, 0.25) is 0 Å². The molecule has 0 radical (unpaired) electrons. The summed E-state index contributed by atoms with van der Waals surface area (Å²) in [6, 6.07) is 18.2. The molecule has 1 fully saturated rings. The maximum Gasteiger partial charge on any atom is 0.122 e. The van der Waals surface area contributed by atoms with Crippen LogP contribution in [0.4, 0.5) is 0 Å². The molecule has 0 N–H and O–H groups in total. The highest BCUT2D eigenvalue weighted by atomic mass is 16.5. The van der Waals surface area contributed by atoms with Gasteiger partial charge in [-0.05, 0) is 55.5 Å². The first-order chi connectivity index (χ1) is 11.4. The molecule has 0 spiro atoms. The molecular weight excluding hydrogens is 284 g/mol. The average Bonchev–Trinajstić information content (AvgIpc) is 2.62. The highest BCUT2D eigenvalue weighted by molar-refractivity contribution is 5.54. The average molecular weight is 308 g/mol. The molecule has 2 nitrogen and oxygen atoms in total. The Labute approximate surface area is 138 Å². The Bertz CT molecular complexity index is 606. The standard InChI is InChI=1S/C21H24O2/c1-3-7-18(8-4-1)17-19-11-13-21(14-12-19)23-16-15-22-20-9-5-2-6-10-20/h2,5-6,9-14,17H,1,3-4,7-8,15-16H2. The Hall–Kier alpha value is -2.22. The highest BCUT2D eigenvalue weighted by Crippen LogP contribution is 2.25. The van der Waals surface area contributed by atoms with Gasteiger partial charge in [0.05, 0.1) is 0 Å². The summed E-state index contributed by atoms with van der Waals surface area (Å²) >= 11 is 0. The smallest absolute Gasteiger partial charge is 0.122 e. The van der Waals surface area contributed by atoms with Gasteiger partial charge in [0.2, 0.25) is 0 Å². The van der Waals surface area contributed by atoms with Gasteiger partial charge in [-0.2, -0.15) is 0 Å². The molecule has 2 aromatic carbocycles. The molecule has 0 unspecified atom stereocenters. The Morgan fingerprint density at radius 3 is 1.96 bits per heavy atom. The van der Waals surface area contributed by atoms with Gasteiger partial charge in [-0.3, -0.25) is 0 Å². The minimum atomic E-state index is 0.551. The summed E-state index contributed by atoms with van der Waals surface area (Å²) in [5.74, 6) is 1.78. The van der Waals surface area contributed by atoms with Crippen LogP contribution in [0.1, 0.15) is 37.7 Å². The first-order valence-electron chi connectivity index (χ1n) is 8.50. The summed E-state index contributed by atoms with van der Waals surface area (Å²) in [5, 5.41) is 0. The second kappa shape index (κ2) is 8.42. The van der Waals surface area contributed by atoms with Crippen molar-refractivity contribution < 1.29 is 9.47 Å². The maximum absolute atomic E-state index is 5.73. The van der Waals surface area contributed by atoms with Crippen LogP contribution in [0, 0.1) is 0 Å². The van der Waals surface area contributed by atoms with Crippen molar-refractivity contribution in [3.8, 4) is 11.5 Å². The normalized spacial score (nSPS) is 14.3. The van der Waals surface area contributed by atoms with E-state index in [2.05, 4.69) is 18.2 Å². The molecular formula is C21H24O2. The van der Waals surface area contributed by atoms with Crippen molar-refractivity contribution in [2.24, 2.45) is 0 Å². The maximum atomic E-state index is 5.73. The summed E-state index contributed by atoms with van der Waals surface area (Å²) in [6.45, 7) is 1.10. The summed E-state index contributed by atoms with van der Waals surface area (Å²) < 4.78 is 11.3. The first kappa shape index (κ1) is 15.7. The molecule has 120 valence electrons. The molecule has 0 saturated heterocycles. The lowest BCUT2D eigenvalue weighted by Gasteiger charge is -2.13. The number of hydrogen-bond acceptors (Lipinski definition) is 2. The third kappa shape index (κ3) is 5.17. The SMILES string of the molecule is C(=C1CCCCC1)c1ccc(OCCOc2ccccc2)cc1. The number of para-hydroxylation sites is 1. The van der Waals surface area contributed by atoms with Crippen LogP contribution in [0.3, 0.4) is 0 Å². The zero-order chi connectivity index (χ0) is 15.7. The summed E-state index contributed by atoms with van der Waals surface area (Å²) in [6.07, 6.45) is 8.92. The van der Waals surface area contributed by atoms with Crippen LogP contribution in [-0.2, 0) is 0 Å². The predicted octanol–water partition coefficient (Wildman–Crippen LogP) is 5.49. The van der Waals surface area contributed by atoms with Gasteiger partial charge in [0.15, 0.2) is 0 Å². The van der Waals surface area contributed by atoms with E-state index in [4.69, 9.17) is 9.47 Å². The zero-order valence-electron chi connectivity index (χ0n) is 13.5. The Morgan fingerprint density at radius 1 is 0.696 bits per heavy atom. The van der Waals surface area contributed by atoms with Crippen molar-refractivity contribution >= 4 is 6.08 Å². The summed E-state index contributed by atoms with van der Waals surface area (Å²) in [5.41, 5.74) is 2.86. The lowest BCUT2D eigenvalue weighted by molar-refractivity contribution is 0.217. The van der Waals surface area contributed by atoms with Crippen LogP contribution in [-0.4, -0.2) is 13.2 Å². The lowest BCUT2D eigenvalue weighted by Crippen LogP contribution is -2.08. The molecule has 0 heterocycles. The fourth-order valence-electron chi connectivity index (χ4n) is 2.88. The van der Waals surface area contributed by atoms with Crippen LogP contribution < -0.4 is 9.47 Å². The van der Waals surface area contributed by atoms with Crippen molar-refractivity contribution in [3.63, 3.8) is 0 Å². The van der Waals surface area contributed by atoms with Crippen molar-refractivity contribution in [1.29, 1.82) is 0 Å². The van der Waals surface area contributed by atoms with E-state index in [1.54, 1.807) is 5.57 Å². The van der Waals surface area contributed by atoms with Crippen LogP contribution in [0.5, 0.6) is 11.5 Å². The monoisotopic (exact) mass is 308 g/mol. The second-order valence-electron chi connectivity index (χ2n) is 5.94. The van der Waals surface area contributed by atoms with E-state index < -0.39 is 0 Å². The number of benzene rings is 2. The van der Waals surface area contributed by atoms with Gasteiger partial charge in [0.25, 0.3) is 0 Å². The first-order valence-corrected chi connectivity index (χ1v) is 8.50. The quantitative estimate of drug-likeness (QED) is 0.657. The molecule has 1 aliphatic rings. The van der Waals surface area contributed by atoms with Crippen molar-refractivity contribution in [2.75, 3.05) is 13.2 Å². The zero-order valence-corrected chi connectivity index (χ0v) is 13.5. The molecule has 2 aromatic rings. The second-order valence-corrected chi connectivity index (χ2v) is 5.94. The molecule has 0 aromatic heterocycles. The van der Waals surface area contributed by atoms with Crippen LogP contribution in [0.15, 0.2) is 60.2 Å². The van der Waals surface area contributed by atoms with E-state index >= 15 is 0 Å². The van der Waals surface area contributed by atoms with Gasteiger partial charge < -0.3 is 9.47 Å². The van der Waals surface area contributed by atoms with Gasteiger partial charge in [-0.15, -0.1) is 0 Å². The van der Waals surface area contributed by atoms with E-state index in [-0.39, 0.29) is 0 Å². The van der Waals surface area contributed by atoms with Crippen molar-refractivity contribution in [1.82, 2.24) is 0 Å². The molecule has 2 heteroatoms. The van der Waals surface area contributed by atoms with E-state index in [0.717, 1.165) is 11.5 Å². The summed E-state index contributed by atoms with van der Waals surface area (Å²) in [4.78, 5) is 0. The molecule has 3 rings (SSSR count). The number of hydrogen-bond donors (Lipinski definition) is 0. The van der Waals surface area contributed by atoms with E-state index in [1.807, 2.05) is 42.5 Å². The van der Waals surface area contributed by atoms with E-state index in [9.17, 15) is 0 Å². The van der Waals surface area contributed by atoms with Gasteiger partial charge in [-0.25, -0.2) is 0 Å². The van der Waals surface area contributed by atoms with Crippen LogP contribution >= 0.6 is 0 Å². The molecule has 23 heavy (non-hydrogen) atoms. The van der Waals surface area contributed by atoms with Crippen molar-refractivity contribution in [3.05, 3.63) is 65.7 Å². The number of ether oxygens (including phenoxy) is 2. The van der Waals surface area contributed by atoms with Gasteiger partial charge in [-0.1, -0.05) is 48.4 Å². The Morgan fingerprint density at radius 2 is 1.30 bits per heavy atom. The molecule has 1 saturated carbocycles. The number of rotatable bonds is 6. The fourth-order valence-corrected chi connectivity index (χ4v) is 2.88. The summed E-state index contributed by atoms with van der Waals surface area (Å²) in [7, 11) is 0. The minimum Gasteiger partial charge on any atom is -0.490 e.